The highest BCUT2D eigenvalue weighted by molar-refractivity contribution is 6.44. The first-order chi connectivity index (χ1) is 5.24. The first-order valence-electron chi connectivity index (χ1n) is 3.75. The van der Waals surface area contributed by atoms with Gasteiger partial charge >= 0.3 is 9.28 Å². The van der Waals surface area contributed by atoms with Gasteiger partial charge in [-0.25, -0.2) is 0 Å². The highest BCUT2D eigenvalue weighted by Gasteiger charge is 2.13. The van der Waals surface area contributed by atoms with Crippen molar-refractivity contribution in [2.24, 2.45) is 11.5 Å². The van der Waals surface area contributed by atoms with Gasteiger partial charge in [-0.15, -0.1) is 0 Å². The summed E-state index contributed by atoms with van der Waals surface area (Å²) in [6, 6.07) is 0.973. The molecule has 0 rings (SSSR count). The van der Waals surface area contributed by atoms with Gasteiger partial charge in [-0.05, 0) is 13.0 Å². The van der Waals surface area contributed by atoms with Crippen molar-refractivity contribution in [3.05, 3.63) is 0 Å². The minimum absolute atomic E-state index is 0.136. The van der Waals surface area contributed by atoms with Gasteiger partial charge in [0.1, 0.15) is 0 Å². The number of hydrogen-bond donors (Lipinski definition) is 2. The average molecular weight is 178 g/mol. The molecule has 1 unspecified atom stereocenters. The molecule has 68 valence electrons. The van der Waals surface area contributed by atoms with Gasteiger partial charge in [0.05, 0.1) is 0 Å². The standard InChI is InChI=1S/C6H18N2O2Si/c1-9-11(10-2)5-6(8)3-4-7/h6,11H,3-5,7-8H2,1-2H3. The lowest BCUT2D eigenvalue weighted by atomic mass is 10.2. The van der Waals surface area contributed by atoms with E-state index in [1.807, 2.05) is 0 Å². The van der Waals surface area contributed by atoms with E-state index in [4.69, 9.17) is 20.3 Å². The van der Waals surface area contributed by atoms with Crippen LogP contribution in [-0.2, 0) is 8.85 Å². The Labute approximate surface area is 69.7 Å². The summed E-state index contributed by atoms with van der Waals surface area (Å²) in [7, 11) is 1.86. The molecule has 0 aliphatic heterocycles. The molecule has 0 saturated heterocycles. The molecule has 0 aliphatic rings. The van der Waals surface area contributed by atoms with E-state index in [2.05, 4.69) is 0 Å². The van der Waals surface area contributed by atoms with E-state index >= 15 is 0 Å². The fraction of sp³-hybridized carbons (Fsp3) is 1.00. The molecular weight excluding hydrogens is 160 g/mol. The number of rotatable bonds is 6. The summed E-state index contributed by atoms with van der Waals surface area (Å²) in [5.41, 5.74) is 11.1. The SMILES string of the molecule is CO[SiH](CC(N)CCN)OC. The number of hydrogen-bond acceptors (Lipinski definition) is 4. The van der Waals surface area contributed by atoms with Gasteiger partial charge in [0.25, 0.3) is 0 Å². The van der Waals surface area contributed by atoms with Crippen LogP contribution in [0.5, 0.6) is 0 Å². The Kier molecular flexibility index (Phi) is 6.78. The zero-order valence-corrected chi connectivity index (χ0v) is 8.40. The van der Waals surface area contributed by atoms with E-state index in [-0.39, 0.29) is 6.04 Å². The van der Waals surface area contributed by atoms with Gasteiger partial charge in [-0.1, -0.05) is 0 Å². The van der Waals surface area contributed by atoms with Crippen molar-refractivity contribution >= 4 is 9.28 Å². The molecule has 4 nitrogen and oxygen atoms in total. The Morgan fingerprint density at radius 1 is 1.36 bits per heavy atom. The fourth-order valence-corrected chi connectivity index (χ4v) is 2.18. The second-order valence-electron chi connectivity index (χ2n) is 2.47. The van der Waals surface area contributed by atoms with Crippen LogP contribution in [-0.4, -0.2) is 36.1 Å². The molecule has 4 N–H and O–H groups in total. The Balaban J connectivity index is 3.44. The Bertz CT molecular complexity index is 90.7. The van der Waals surface area contributed by atoms with Crippen LogP contribution >= 0.6 is 0 Å². The van der Waals surface area contributed by atoms with E-state index in [1.165, 1.54) is 0 Å². The predicted molar refractivity (Wildman–Crippen MR) is 47.6 cm³/mol. The highest BCUT2D eigenvalue weighted by Crippen LogP contribution is 2.00. The van der Waals surface area contributed by atoms with E-state index in [0.29, 0.717) is 6.54 Å². The Morgan fingerprint density at radius 3 is 2.27 bits per heavy atom. The van der Waals surface area contributed by atoms with Crippen LogP contribution in [0.4, 0.5) is 0 Å². The first kappa shape index (κ1) is 11.1. The molecule has 0 fully saturated rings. The third-order valence-electron chi connectivity index (χ3n) is 1.56. The van der Waals surface area contributed by atoms with Gasteiger partial charge in [0, 0.05) is 26.3 Å². The summed E-state index contributed by atoms with van der Waals surface area (Å²) in [5.74, 6) is 0. The first-order valence-corrected chi connectivity index (χ1v) is 5.51. The van der Waals surface area contributed by atoms with Crippen LogP contribution in [0, 0.1) is 0 Å². The Hall–Kier alpha value is 0.0569. The van der Waals surface area contributed by atoms with Gasteiger partial charge in [0.2, 0.25) is 0 Å². The van der Waals surface area contributed by atoms with Crippen LogP contribution in [0.1, 0.15) is 6.42 Å². The summed E-state index contributed by atoms with van der Waals surface area (Å²) in [5, 5.41) is 0. The molecular formula is C6H18N2O2Si. The van der Waals surface area contributed by atoms with Crippen molar-refractivity contribution in [2.45, 2.75) is 18.5 Å². The molecule has 0 amide bonds. The summed E-state index contributed by atoms with van der Waals surface area (Å²) in [4.78, 5) is 0. The molecule has 11 heavy (non-hydrogen) atoms. The van der Waals surface area contributed by atoms with Crippen LogP contribution in [0.2, 0.25) is 6.04 Å². The molecule has 0 saturated carbocycles. The summed E-state index contributed by atoms with van der Waals surface area (Å²) in [6.45, 7) is 0.635. The van der Waals surface area contributed by atoms with Crippen molar-refractivity contribution in [1.82, 2.24) is 0 Å². The van der Waals surface area contributed by atoms with Crippen molar-refractivity contribution < 1.29 is 8.85 Å². The lowest BCUT2D eigenvalue weighted by Crippen LogP contribution is -2.32. The van der Waals surface area contributed by atoms with Crippen molar-refractivity contribution in [2.75, 3.05) is 20.8 Å². The van der Waals surface area contributed by atoms with Gasteiger partial charge in [-0.3, -0.25) is 0 Å². The summed E-state index contributed by atoms with van der Waals surface area (Å²) >= 11 is 0. The van der Waals surface area contributed by atoms with Crippen molar-refractivity contribution in [1.29, 1.82) is 0 Å². The minimum atomic E-state index is -1.46. The van der Waals surface area contributed by atoms with E-state index < -0.39 is 9.28 Å². The molecule has 0 heterocycles. The maximum atomic E-state index is 5.73. The third-order valence-corrected chi connectivity index (χ3v) is 3.60. The van der Waals surface area contributed by atoms with Crippen LogP contribution in [0.3, 0.4) is 0 Å². The monoisotopic (exact) mass is 178 g/mol. The molecule has 0 radical (unpaired) electrons. The molecule has 0 aliphatic carbocycles. The molecule has 0 aromatic heterocycles. The smallest absolute Gasteiger partial charge is 0.322 e. The largest absolute Gasteiger partial charge is 0.400 e. The molecule has 0 bridgehead atoms. The predicted octanol–water partition coefficient (Wildman–Crippen LogP) is -0.824. The normalized spacial score (nSPS) is 13.9. The quantitative estimate of drug-likeness (QED) is 0.521. The molecule has 0 aromatic rings. The summed E-state index contributed by atoms with van der Waals surface area (Å²) < 4.78 is 10.2. The third kappa shape index (κ3) is 5.34. The molecule has 0 aromatic carbocycles. The second kappa shape index (κ2) is 6.75. The van der Waals surface area contributed by atoms with Crippen LogP contribution in [0.15, 0.2) is 0 Å². The van der Waals surface area contributed by atoms with E-state index in [1.54, 1.807) is 14.2 Å². The number of nitrogens with two attached hydrogens (primary N) is 2. The zero-order chi connectivity index (χ0) is 8.69. The molecule has 0 spiro atoms. The van der Waals surface area contributed by atoms with Gasteiger partial charge in [-0.2, -0.15) is 0 Å². The maximum Gasteiger partial charge on any atom is 0.322 e. The van der Waals surface area contributed by atoms with Crippen LogP contribution < -0.4 is 11.5 Å². The van der Waals surface area contributed by atoms with E-state index in [0.717, 1.165) is 12.5 Å². The topological polar surface area (TPSA) is 70.5 Å². The molecule has 5 heteroatoms. The minimum Gasteiger partial charge on any atom is -0.400 e. The summed E-state index contributed by atoms with van der Waals surface area (Å²) in [6.07, 6.45) is 0.843. The zero-order valence-electron chi connectivity index (χ0n) is 7.25. The maximum absolute atomic E-state index is 5.73. The van der Waals surface area contributed by atoms with Gasteiger partial charge in [0.15, 0.2) is 0 Å². The average Bonchev–Trinajstić information content (AvgIpc) is 2.01. The molecule has 1 atom stereocenters. The fourth-order valence-electron chi connectivity index (χ4n) is 0.868. The van der Waals surface area contributed by atoms with Crippen molar-refractivity contribution in [3.8, 4) is 0 Å². The lowest BCUT2D eigenvalue weighted by Gasteiger charge is -2.15. The second-order valence-corrected chi connectivity index (χ2v) is 4.75. The lowest BCUT2D eigenvalue weighted by molar-refractivity contribution is 0.274. The Morgan fingerprint density at radius 2 is 1.91 bits per heavy atom. The van der Waals surface area contributed by atoms with Crippen LogP contribution in [0.25, 0.3) is 0 Å². The van der Waals surface area contributed by atoms with Gasteiger partial charge < -0.3 is 20.3 Å². The van der Waals surface area contributed by atoms with Crippen molar-refractivity contribution in [3.63, 3.8) is 0 Å². The highest BCUT2D eigenvalue weighted by atomic mass is 28.3. The van der Waals surface area contributed by atoms with E-state index in [9.17, 15) is 0 Å².